The highest BCUT2D eigenvalue weighted by molar-refractivity contribution is 5.96. The van der Waals surface area contributed by atoms with Crippen LogP contribution in [0.1, 0.15) is 41.3 Å². The zero-order valence-electron chi connectivity index (χ0n) is 17.1. The molecule has 0 atom stereocenters. The molecule has 1 heterocycles. The fourth-order valence-electron chi connectivity index (χ4n) is 3.44. The van der Waals surface area contributed by atoms with Crippen molar-refractivity contribution in [2.24, 2.45) is 0 Å². The van der Waals surface area contributed by atoms with Crippen molar-refractivity contribution in [1.29, 1.82) is 0 Å². The van der Waals surface area contributed by atoms with Crippen molar-refractivity contribution in [3.8, 4) is 0 Å². The highest BCUT2D eigenvalue weighted by Crippen LogP contribution is 2.16. The minimum absolute atomic E-state index is 0.0641. The van der Waals surface area contributed by atoms with Crippen molar-refractivity contribution in [3.63, 3.8) is 0 Å². The van der Waals surface area contributed by atoms with Crippen molar-refractivity contribution in [3.05, 3.63) is 71.0 Å². The van der Waals surface area contributed by atoms with Crippen molar-refractivity contribution in [1.82, 2.24) is 15.1 Å². The standard InChI is InChI=1S/C23H26FN3O3/c1-2-26(16-21(28)25-14-17-8-10-20(24)11-9-17)23(30)19-6-3-5-18(13-19)15-27-12-4-7-22(27)29/h3,5-6,8-11,13H,2,4,7,12,14-16H2,1H3,(H,25,28). The summed E-state index contributed by atoms with van der Waals surface area (Å²) in [6.45, 7) is 3.64. The van der Waals surface area contributed by atoms with Gasteiger partial charge >= 0.3 is 0 Å². The molecule has 0 aromatic heterocycles. The number of hydrogen-bond acceptors (Lipinski definition) is 3. The summed E-state index contributed by atoms with van der Waals surface area (Å²) in [5, 5.41) is 2.75. The van der Waals surface area contributed by atoms with Crippen molar-refractivity contribution in [2.75, 3.05) is 19.6 Å². The molecular formula is C23H26FN3O3. The molecule has 3 rings (SSSR count). The average molecular weight is 411 g/mol. The molecule has 1 saturated heterocycles. The third-order valence-corrected chi connectivity index (χ3v) is 5.13. The molecule has 0 spiro atoms. The number of carbonyl (C=O) groups excluding carboxylic acids is 3. The van der Waals surface area contributed by atoms with E-state index < -0.39 is 0 Å². The van der Waals surface area contributed by atoms with Gasteiger partial charge in [0.2, 0.25) is 11.8 Å². The highest BCUT2D eigenvalue weighted by atomic mass is 19.1. The summed E-state index contributed by atoms with van der Waals surface area (Å²) < 4.78 is 13.0. The van der Waals surface area contributed by atoms with E-state index in [0.29, 0.717) is 25.1 Å². The van der Waals surface area contributed by atoms with E-state index in [-0.39, 0.29) is 36.6 Å². The van der Waals surface area contributed by atoms with E-state index in [1.807, 2.05) is 13.0 Å². The summed E-state index contributed by atoms with van der Waals surface area (Å²) in [6, 6.07) is 13.1. The van der Waals surface area contributed by atoms with Crippen LogP contribution in [0.15, 0.2) is 48.5 Å². The third-order valence-electron chi connectivity index (χ3n) is 5.13. The van der Waals surface area contributed by atoms with E-state index in [1.165, 1.54) is 17.0 Å². The maximum atomic E-state index is 13.0. The van der Waals surface area contributed by atoms with Gasteiger partial charge in [-0.25, -0.2) is 4.39 Å². The van der Waals surface area contributed by atoms with Crippen LogP contribution in [-0.4, -0.2) is 47.2 Å². The molecule has 1 fully saturated rings. The molecule has 0 radical (unpaired) electrons. The highest BCUT2D eigenvalue weighted by Gasteiger charge is 2.21. The van der Waals surface area contributed by atoms with Crippen molar-refractivity contribution >= 4 is 17.7 Å². The van der Waals surface area contributed by atoms with Gasteiger partial charge in [0.15, 0.2) is 0 Å². The Morgan fingerprint density at radius 1 is 1.13 bits per heavy atom. The Morgan fingerprint density at radius 3 is 2.57 bits per heavy atom. The predicted octanol–water partition coefficient (Wildman–Crippen LogP) is 2.73. The zero-order valence-corrected chi connectivity index (χ0v) is 17.1. The van der Waals surface area contributed by atoms with Gasteiger partial charge in [0.05, 0.1) is 6.54 Å². The fourth-order valence-corrected chi connectivity index (χ4v) is 3.44. The molecule has 2 aromatic carbocycles. The Kier molecular flexibility index (Phi) is 7.17. The number of halogens is 1. The molecular weight excluding hydrogens is 385 g/mol. The van der Waals surface area contributed by atoms with Crippen LogP contribution in [0.2, 0.25) is 0 Å². The van der Waals surface area contributed by atoms with Gasteiger partial charge in [0.25, 0.3) is 5.91 Å². The van der Waals surface area contributed by atoms with Gasteiger partial charge in [0, 0.05) is 38.2 Å². The first kappa shape index (κ1) is 21.5. The number of hydrogen-bond donors (Lipinski definition) is 1. The second kappa shape index (κ2) is 10.0. The Hall–Kier alpha value is -3.22. The van der Waals surface area contributed by atoms with Crippen LogP contribution < -0.4 is 5.32 Å². The second-order valence-electron chi connectivity index (χ2n) is 7.34. The number of benzene rings is 2. The Morgan fingerprint density at radius 2 is 1.90 bits per heavy atom. The Balaban J connectivity index is 1.58. The quantitative estimate of drug-likeness (QED) is 0.726. The minimum atomic E-state index is -0.329. The lowest BCUT2D eigenvalue weighted by molar-refractivity contribution is -0.128. The van der Waals surface area contributed by atoms with E-state index >= 15 is 0 Å². The Bertz CT molecular complexity index is 914. The fraction of sp³-hybridized carbons (Fsp3) is 0.348. The molecule has 0 bridgehead atoms. The largest absolute Gasteiger partial charge is 0.350 e. The van der Waals surface area contributed by atoms with E-state index in [4.69, 9.17) is 0 Å². The summed E-state index contributed by atoms with van der Waals surface area (Å²) in [7, 11) is 0. The average Bonchev–Trinajstić information content (AvgIpc) is 3.15. The molecule has 0 saturated carbocycles. The third kappa shape index (κ3) is 5.65. The predicted molar refractivity (Wildman–Crippen MR) is 111 cm³/mol. The van der Waals surface area contributed by atoms with E-state index in [2.05, 4.69) is 5.32 Å². The van der Waals surface area contributed by atoms with Crippen molar-refractivity contribution < 1.29 is 18.8 Å². The first-order chi connectivity index (χ1) is 14.5. The molecule has 2 aromatic rings. The van der Waals surface area contributed by atoms with Crippen LogP contribution in [0.3, 0.4) is 0 Å². The summed E-state index contributed by atoms with van der Waals surface area (Å²) in [4.78, 5) is 40.3. The molecule has 1 N–H and O–H groups in total. The summed E-state index contributed by atoms with van der Waals surface area (Å²) in [5.41, 5.74) is 2.17. The van der Waals surface area contributed by atoms with Gasteiger partial charge in [-0.15, -0.1) is 0 Å². The summed E-state index contributed by atoms with van der Waals surface area (Å²) in [6.07, 6.45) is 1.45. The monoisotopic (exact) mass is 411 g/mol. The van der Waals surface area contributed by atoms with Crippen LogP contribution in [0, 0.1) is 5.82 Å². The van der Waals surface area contributed by atoms with Gasteiger partial charge in [-0.3, -0.25) is 14.4 Å². The lowest BCUT2D eigenvalue weighted by Crippen LogP contribution is -2.40. The molecule has 0 unspecified atom stereocenters. The SMILES string of the molecule is CCN(CC(=O)NCc1ccc(F)cc1)C(=O)c1cccc(CN2CCCC2=O)c1. The number of likely N-dealkylation sites (N-methyl/N-ethyl adjacent to an activating group) is 1. The lowest BCUT2D eigenvalue weighted by Gasteiger charge is -2.21. The van der Waals surface area contributed by atoms with Crippen LogP contribution in [0.5, 0.6) is 0 Å². The zero-order chi connectivity index (χ0) is 21.5. The maximum Gasteiger partial charge on any atom is 0.254 e. The number of amides is 3. The first-order valence-electron chi connectivity index (χ1n) is 10.1. The van der Waals surface area contributed by atoms with Gasteiger partial charge in [-0.05, 0) is 48.7 Å². The van der Waals surface area contributed by atoms with Crippen LogP contribution in [0.4, 0.5) is 4.39 Å². The first-order valence-corrected chi connectivity index (χ1v) is 10.1. The number of rotatable bonds is 8. The van der Waals surface area contributed by atoms with E-state index in [9.17, 15) is 18.8 Å². The topological polar surface area (TPSA) is 69.7 Å². The summed E-state index contributed by atoms with van der Waals surface area (Å²) in [5.74, 6) is -0.707. The molecule has 0 aliphatic carbocycles. The number of nitrogens with one attached hydrogen (secondary N) is 1. The number of carbonyl (C=O) groups is 3. The van der Waals surface area contributed by atoms with Crippen LogP contribution >= 0.6 is 0 Å². The molecule has 158 valence electrons. The smallest absolute Gasteiger partial charge is 0.254 e. The Labute approximate surface area is 175 Å². The molecule has 1 aliphatic heterocycles. The minimum Gasteiger partial charge on any atom is -0.350 e. The second-order valence-corrected chi connectivity index (χ2v) is 7.34. The van der Waals surface area contributed by atoms with Gasteiger partial charge in [0.1, 0.15) is 5.82 Å². The number of likely N-dealkylation sites (tertiary alicyclic amines) is 1. The van der Waals surface area contributed by atoms with Gasteiger partial charge < -0.3 is 15.1 Å². The lowest BCUT2D eigenvalue weighted by atomic mass is 10.1. The summed E-state index contributed by atoms with van der Waals surface area (Å²) >= 11 is 0. The molecule has 3 amide bonds. The van der Waals surface area contributed by atoms with Gasteiger partial charge in [-0.1, -0.05) is 24.3 Å². The van der Waals surface area contributed by atoms with E-state index in [0.717, 1.165) is 24.1 Å². The number of nitrogens with zero attached hydrogens (tertiary/aromatic N) is 2. The molecule has 7 heteroatoms. The molecule has 30 heavy (non-hydrogen) atoms. The van der Waals surface area contributed by atoms with Crippen LogP contribution in [0.25, 0.3) is 0 Å². The van der Waals surface area contributed by atoms with Gasteiger partial charge in [-0.2, -0.15) is 0 Å². The van der Waals surface area contributed by atoms with Crippen LogP contribution in [-0.2, 0) is 22.7 Å². The van der Waals surface area contributed by atoms with Crippen molar-refractivity contribution in [2.45, 2.75) is 32.9 Å². The van der Waals surface area contributed by atoms with E-state index in [1.54, 1.807) is 35.2 Å². The molecule has 6 nitrogen and oxygen atoms in total. The molecule has 1 aliphatic rings. The maximum absolute atomic E-state index is 13.0. The normalized spacial score (nSPS) is 13.4.